The molecule has 0 bridgehead atoms. The van der Waals surface area contributed by atoms with E-state index in [1.54, 1.807) is 12.1 Å². The smallest absolute Gasteiger partial charge is 0.165 e. The van der Waals surface area contributed by atoms with E-state index in [1.807, 2.05) is 6.92 Å². The van der Waals surface area contributed by atoms with Crippen molar-refractivity contribution in [3.63, 3.8) is 0 Å². The zero-order valence-electron chi connectivity index (χ0n) is 10.8. The number of benzene rings is 1. The predicted octanol–water partition coefficient (Wildman–Crippen LogP) is 4.25. The van der Waals surface area contributed by atoms with Gasteiger partial charge in [0, 0.05) is 5.41 Å². The van der Waals surface area contributed by atoms with Crippen molar-refractivity contribution in [1.29, 1.82) is 0 Å². The van der Waals surface area contributed by atoms with Gasteiger partial charge in [0.15, 0.2) is 11.6 Å². The van der Waals surface area contributed by atoms with Crippen molar-refractivity contribution in [3.05, 3.63) is 29.6 Å². The maximum absolute atomic E-state index is 13.5. The van der Waals surface area contributed by atoms with Crippen molar-refractivity contribution in [3.8, 4) is 5.75 Å². The molecule has 0 aromatic heterocycles. The third-order valence-electron chi connectivity index (χ3n) is 3.46. The number of thiol groups is 1. The van der Waals surface area contributed by atoms with Gasteiger partial charge in [0.05, 0.1) is 6.61 Å². The fourth-order valence-electron chi connectivity index (χ4n) is 1.68. The van der Waals surface area contributed by atoms with Crippen LogP contribution in [0.4, 0.5) is 4.39 Å². The molecule has 0 unspecified atom stereocenters. The second-order valence-corrected chi connectivity index (χ2v) is 4.90. The van der Waals surface area contributed by atoms with Crippen LogP contribution in [0.15, 0.2) is 18.2 Å². The quantitative estimate of drug-likeness (QED) is 0.749. The molecule has 0 aliphatic heterocycles. The fourth-order valence-corrected chi connectivity index (χ4v) is 2.21. The van der Waals surface area contributed by atoms with E-state index >= 15 is 0 Å². The fraction of sp³-hybridized carbons (Fsp3) is 0.571. The molecule has 17 heavy (non-hydrogen) atoms. The second-order valence-electron chi connectivity index (χ2n) is 4.59. The van der Waals surface area contributed by atoms with Gasteiger partial charge >= 0.3 is 0 Å². The van der Waals surface area contributed by atoms with E-state index in [0.29, 0.717) is 12.4 Å². The minimum absolute atomic E-state index is 0.0410. The van der Waals surface area contributed by atoms with Crippen molar-refractivity contribution >= 4 is 12.6 Å². The van der Waals surface area contributed by atoms with Gasteiger partial charge in [-0.15, -0.1) is 0 Å². The first-order valence-electron chi connectivity index (χ1n) is 6.06. The topological polar surface area (TPSA) is 9.23 Å². The maximum Gasteiger partial charge on any atom is 0.165 e. The van der Waals surface area contributed by atoms with E-state index in [2.05, 4.69) is 26.5 Å². The molecule has 0 radical (unpaired) electrons. The van der Waals surface area contributed by atoms with E-state index in [4.69, 9.17) is 4.74 Å². The molecule has 0 aliphatic carbocycles. The summed E-state index contributed by atoms with van der Waals surface area (Å²) in [4.78, 5) is 0. The molecule has 0 fully saturated rings. The first-order chi connectivity index (χ1) is 8.06. The Labute approximate surface area is 109 Å². The molecular weight excluding hydrogens is 235 g/mol. The Bertz CT molecular complexity index is 353. The normalized spacial score (nSPS) is 11.6. The van der Waals surface area contributed by atoms with E-state index in [1.165, 1.54) is 6.07 Å². The molecule has 1 nitrogen and oxygen atoms in total. The van der Waals surface area contributed by atoms with E-state index < -0.39 is 0 Å². The predicted molar refractivity (Wildman–Crippen MR) is 73.5 cm³/mol. The van der Waals surface area contributed by atoms with Crippen LogP contribution in [0.5, 0.6) is 5.75 Å². The van der Waals surface area contributed by atoms with Crippen LogP contribution in [-0.2, 0) is 0 Å². The number of halogens is 1. The molecule has 1 aromatic rings. The van der Waals surface area contributed by atoms with Crippen LogP contribution >= 0.6 is 12.6 Å². The number of hydrogen-bond donors (Lipinski definition) is 1. The third kappa shape index (κ3) is 3.63. The molecule has 0 heterocycles. The molecule has 0 N–H and O–H groups in total. The highest BCUT2D eigenvalue weighted by molar-refractivity contribution is 7.80. The summed E-state index contributed by atoms with van der Waals surface area (Å²) in [5.41, 5.74) is 1.05. The first-order valence-corrected chi connectivity index (χ1v) is 6.70. The van der Waals surface area contributed by atoms with Crippen LogP contribution in [0, 0.1) is 18.2 Å². The van der Waals surface area contributed by atoms with Crippen molar-refractivity contribution in [2.75, 3.05) is 12.4 Å². The lowest BCUT2D eigenvalue weighted by Gasteiger charge is -2.29. The van der Waals surface area contributed by atoms with Crippen molar-refractivity contribution < 1.29 is 9.13 Å². The Hall–Kier alpha value is -0.700. The first kappa shape index (κ1) is 14.4. The van der Waals surface area contributed by atoms with Gasteiger partial charge in [-0.05, 0) is 43.2 Å². The van der Waals surface area contributed by atoms with Gasteiger partial charge in [-0.25, -0.2) is 4.39 Å². The Morgan fingerprint density at radius 2 is 1.94 bits per heavy atom. The standard InChI is InChI=1S/C14H21FOS/c1-4-14(5-2,10-17)9-16-13-8-11(3)6-7-12(13)15/h6-8,17H,4-5,9-10H2,1-3H3. The highest BCUT2D eigenvalue weighted by Gasteiger charge is 2.25. The van der Waals surface area contributed by atoms with Crippen molar-refractivity contribution in [1.82, 2.24) is 0 Å². The molecule has 96 valence electrons. The zero-order valence-corrected chi connectivity index (χ0v) is 11.7. The molecule has 0 saturated heterocycles. The average molecular weight is 256 g/mol. The Kier molecular flexibility index (Phi) is 5.31. The Morgan fingerprint density at radius 3 is 2.47 bits per heavy atom. The largest absolute Gasteiger partial charge is 0.490 e. The summed E-state index contributed by atoms with van der Waals surface area (Å²) in [5, 5.41) is 0. The monoisotopic (exact) mass is 256 g/mol. The van der Waals surface area contributed by atoms with Crippen LogP contribution in [0.3, 0.4) is 0 Å². The minimum Gasteiger partial charge on any atom is -0.490 e. The summed E-state index contributed by atoms with van der Waals surface area (Å²) in [6, 6.07) is 4.93. The summed E-state index contributed by atoms with van der Waals surface area (Å²) in [6.07, 6.45) is 1.97. The summed E-state index contributed by atoms with van der Waals surface area (Å²) < 4.78 is 19.1. The molecule has 3 heteroatoms. The van der Waals surface area contributed by atoms with Crippen LogP contribution in [-0.4, -0.2) is 12.4 Å². The molecule has 0 amide bonds. The third-order valence-corrected chi connectivity index (χ3v) is 4.13. The van der Waals surface area contributed by atoms with Crippen LogP contribution in [0.2, 0.25) is 0 Å². The van der Waals surface area contributed by atoms with Gasteiger partial charge in [-0.3, -0.25) is 0 Å². The highest BCUT2D eigenvalue weighted by Crippen LogP contribution is 2.29. The summed E-state index contributed by atoms with van der Waals surface area (Å²) in [5.74, 6) is 0.807. The SMILES string of the molecule is CCC(CC)(CS)COc1cc(C)ccc1F. The number of rotatable bonds is 6. The number of aryl methyl sites for hydroxylation is 1. The number of hydrogen-bond acceptors (Lipinski definition) is 2. The Balaban J connectivity index is 2.75. The lowest BCUT2D eigenvalue weighted by atomic mass is 9.85. The van der Waals surface area contributed by atoms with Gasteiger partial charge in [-0.2, -0.15) is 12.6 Å². The molecule has 0 saturated carbocycles. The second kappa shape index (κ2) is 6.29. The lowest BCUT2D eigenvalue weighted by molar-refractivity contribution is 0.152. The van der Waals surface area contributed by atoms with Crippen LogP contribution < -0.4 is 4.74 Å². The summed E-state index contributed by atoms with van der Waals surface area (Å²) in [6.45, 7) is 6.69. The van der Waals surface area contributed by atoms with E-state index in [0.717, 1.165) is 24.2 Å². The van der Waals surface area contributed by atoms with Crippen molar-refractivity contribution in [2.45, 2.75) is 33.6 Å². The summed E-state index contributed by atoms with van der Waals surface area (Å²) in [7, 11) is 0. The molecule has 0 atom stereocenters. The maximum atomic E-state index is 13.5. The molecule has 0 spiro atoms. The van der Waals surface area contributed by atoms with Crippen LogP contribution in [0.1, 0.15) is 32.3 Å². The molecular formula is C14H21FOS. The van der Waals surface area contributed by atoms with Gasteiger partial charge in [-0.1, -0.05) is 19.9 Å². The Morgan fingerprint density at radius 1 is 1.29 bits per heavy atom. The van der Waals surface area contributed by atoms with Gasteiger partial charge in [0.1, 0.15) is 0 Å². The average Bonchev–Trinajstić information content (AvgIpc) is 2.35. The van der Waals surface area contributed by atoms with Gasteiger partial charge in [0.25, 0.3) is 0 Å². The molecule has 0 aliphatic rings. The number of ether oxygens (including phenoxy) is 1. The molecule has 1 aromatic carbocycles. The highest BCUT2D eigenvalue weighted by atomic mass is 32.1. The van der Waals surface area contributed by atoms with E-state index in [9.17, 15) is 4.39 Å². The van der Waals surface area contributed by atoms with Gasteiger partial charge < -0.3 is 4.74 Å². The lowest BCUT2D eigenvalue weighted by Crippen LogP contribution is -2.29. The minimum atomic E-state index is -0.295. The van der Waals surface area contributed by atoms with E-state index in [-0.39, 0.29) is 11.2 Å². The van der Waals surface area contributed by atoms with Crippen molar-refractivity contribution in [2.24, 2.45) is 5.41 Å². The summed E-state index contributed by atoms with van der Waals surface area (Å²) >= 11 is 4.38. The van der Waals surface area contributed by atoms with Crippen LogP contribution in [0.25, 0.3) is 0 Å². The van der Waals surface area contributed by atoms with Gasteiger partial charge in [0.2, 0.25) is 0 Å². The zero-order chi connectivity index (χ0) is 12.9. The molecule has 1 rings (SSSR count).